The molecule has 0 aliphatic carbocycles. The SMILES string of the molecule is C.C=CCOCCOC. The Bertz CT molecular complexity index is 52.9. The molecule has 0 saturated carbocycles. The molecule has 0 spiro atoms. The van der Waals surface area contributed by atoms with E-state index in [4.69, 9.17) is 9.47 Å². The van der Waals surface area contributed by atoms with Gasteiger partial charge >= 0.3 is 0 Å². The van der Waals surface area contributed by atoms with Crippen molar-refractivity contribution in [2.45, 2.75) is 7.43 Å². The molecule has 0 fully saturated rings. The first kappa shape index (κ1) is 11.5. The lowest BCUT2D eigenvalue weighted by molar-refractivity contribution is 0.0854. The maximum atomic E-state index is 4.98. The standard InChI is InChI=1S/C6H12O2.CH4/c1-3-4-8-6-5-7-2;/h3H,1,4-6H2,2H3;1H4. The molecule has 0 amide bonds. The average molecular weight is 132 g/mol. The molecule has 2 nitrogen and oxygen atoms in total. The molecule has 0 saturated heterocycles. The topological polar surface area (TPSA) is 18.5 Å². The van der Waals surface area contributed by atoms with Gasteiger partial charge in [-0.05, 0) is 0 Å². The van der Waals surface area contributed by atoms with Crippen molar-refractivity contribution in [3.05, 3.63) is 12.7 Å². The van der Waals surface area contributed by atoms with Crippen LogP contribution in [-0.4, -0.2) is 26.9 Å². The summed E-state index contributed by atoms with van der Waals surface area (Å²) in [6.07, 6.45) is 1.72. The molecule has 0 unspecified atom stereocenters. The summed E-state index contributed by atoms with van der Waals surface area (Å²) in [6, 6.07) is 0. The van der Waals surface area contributed by atoms with Gasteiger partial charge in [0.05, 0.1) is 19.8 Å². The van der Waals surface area contributed by atoms with E-state index < -0.39 is 0 Å². The van der Waals surface area contributed by atoms with Gasteiger partial charge in [-0.15, -0.1) is 6.58 Å². The van der Waals surface area contributed by atoms with Gasteiger partial charge in [0.1, 0.15) is 0 Å². The lowest BCUT2D eigenvalue weighted by atomic mass is 10.7. The van der Waals surface area contributed by atoms with Crippen LogP contribution in [0.2, 0.25) is 0 Å². The predicted molar refractivity (Wildman–Crippen MR) is 39.6 cm³/mol. The molecule has 0 aliphatic heterocycles. The Kier molecular flexibility index (Phi) is 13.5. The smallest absolute Gasteiger partial charge is 0.0704 e. The van der Waals surface area contributed by atoms with Gasteiger partial charge in [-0.2, -0.15) is 0 Å². The summed E-state index contributed by atoms with van der Waals surface area (Å²) in [5.74, 6) is 0. The average Bonchev–Trinajstić information content (AvgIpc) is 1.81. The Labute approximate surface area is 57.5 Å². The monoisotopic (exact) mass is 132 g/mol. The highest BCUT2D eigenvalue weighted by Crippen LogP contribution is 1.74. The van der Waals surface area contributed by atoms with Crippen molar-refractivity contribution < 1.29 is 9.47 Å². The molecule has 0 rings (SSSR count). The van der Waals surface area contributed by atoms with Crippen molar-refractivity contribution >= 4 is 0 Å². The van der Waals surface area contributed by atoms with E-state index >= 15 is 0 Å². The number of hydrogen-bond donors (Lipinski definition) is 0. The van der Waals surface area contributed by atoms with Crippen LogP contribution in [0.1, 0.15) is 7.43 Å². The zero-order valence-corrected chi connectivity index (χ0v) is 5.22. The second-order valence-electron chi connectivity index (χ2n) is 1.36. The molecular weight excluding hydrogens is 116 g/mol. The quantitative estimate of drug-likeness (QED) is 0.416. The molecule has 2 heteroatoms. The van der Waals surface area contributed by atoms with Crippen LogP contribution in [0.3, 0.4) is 0 Å². The first-order chi connectivity index (χ1) is 3.91. The first-order valence-corrected chi connectivity index (χ1v) is 2.59. The van der Waals surface area contributed by atoms with E-state index in [1.807, 2.05) is 0 Å². The molecule has 0 heterocycles. The molecule has 0 bridgehead atoms. The summed E-state index contributed by atoms with van der Waals surface area (Å²) in [7, 11) is 1.65. The van der Waals surface area contributed by atoms with E-state index in [0.29, 0.717) is 19.8 Å². The number of rotatable bonds is 5. The molecule has 0 N–H and O–H groups in total. The van der Waals surface area contributed by atoms with Gasteiger partial charge < -0.3 is 9.47 Å². The van der Waals surface area contributed by atoms with Crippen LogP contribution in [0.4, 0.5) is 0 Å². The lowest BCUT2D eigenvalue weighted by Gasteiger charge is -1.96. The fourth-order valence-electron chi connectivity index (χ4n) is 0.309. The van der Waals surface area contributed by atoms with Crippen LogP contribution in [0, 0.1) is 0 Å². The summed E-state index contributed by atoms with van der Waals surface area (Å²) in [4.78, 5) is 0. The van der Waals surface area contributed by atoms with Gasteiger partial charge in [0.25, 0.3) is 0 Å². The number of ether oxygens (including phenoxy) is 2. The van der Waals surface area contributed by atoms with E-state index in [-0.39, 0.29) is 7.43 Å². The van der Waals surface area contributed by atoms with Crippen molar-refractivity contribution in [1.82, 2.24) is 0 Å². The second kappa shape index (κ2) is 10.6. The minimum atomic E-state index is 0. The van der Waals surface area contributed by atoms with Crippen LogP contribution in [0.15, 0.2) is 12.7 Å². The fraction of sp³-hybridized carbons (Fsp3) is 0.714. The molecule has 0 aromatic heterocycles. The Balaban J connectivity index is 0. The molecule has 0 atom stereocenters. The van der Waals surface area contributed by atoms with Crippen LogP contribution in [0.5, 0.6) is 0 Å². The zero-order valence-electron chi connectivity index (χ0n) is 5.22. The third kappa shape index (κ3) is 11.3. The Hall–Kier alpha value is -0.340. The lowest BCUT2D eigenvalue weighted by Crippen LogP contribution is -2.00. The van der Waals surface area contributed by atoms with Gasteiger partial charge in [-0.25, -0.2) is 0 Å². The van der Waals surface area contributed by atoms with Gasteiger partial charge in [0, 0.05) is 7.11 Å². The molecule has 0 radical (unpaired) electrons. The van der Waals surface area contributed by atoms with Gasteiger partial charge in [-0.1, -0.05) is 13.5 Å². The van der Waals surface area contributed by atoms with Crippen molar-refractivity contribution in [2.75, 3.05) is 26.9 Å². The Morgan fingerprint density at radius 3 is 2.56 bits per heavy atom. The summed E-state index contributed by atoms with van der Waals surface area (Å²) in [6.45, 7) is 5.42. The maximum absolute atomic E-state index is 4.98. The van der Waals surface area contributed by atoms with Crippen molar-refractivity contribution in [3.63, 3.8) is 0 Å². The van der Waals surface area contributed by atoms with E-state index in [0.717, 1.165) is 0 Å². The van der Waals surface area contributed by atoms with E-state index in [9.17, 15) is 0 Å². The van der Waals surface area contributed by atoms with Crippen LogP contribution < -0.4 is 0 Å². The van der Waals surface area contributed by atoms with E-state index in [1.165, 1.54) is 0 Å². The van der Waals surface area contributed by atoms with Gasteiger partial charge in [0.15, 0.2) is 0 Å². The van der Waals surface area contributed by atoms with E-state index in [2.05, 4.69) is 6.58 Å². The fourth-order valence-corrected chi connectivity index (χ4v) is 0.309. The van der Waals surface area contributed by atoms with Crippen LogP contribution >= 0.6 is 0 Å². The summed E-state index contributed by atoms with van der Waals surface area (Å²) >= 11 is 0. The minimum absolute atomic E-state index is 0. The number of methoxy groups -OCH3 is 1. The highest BCUT2D eigenvalue weighted by atomic mass is 16.5. The largest absolute Gasteiger partial charge is 0.382 e. The third-order valence-corrected chi connectivity index (χ3v) is 0.667. The van der Waals surface area contributed by atoms with Crippen LogP contribution in [0.25, 0.3) is 0 Å². The maximum Gasteiger partial charge on any atom is 0.0704 e. The second-order valence-corrected chi connectivity index (χ2v) is 1.36. The Morgan fingerprint density at radius 2 is 2.11 bits per heavy atom. The highest BCUT2D eigenvalue weighted by Gasteiger charge is 1.79. The van der Waals surface area contributed by atoms with Crippen LogP contribution in [-0.2, 0) is 9.47 Å². The van der Waals surface area contributed by atoms with Crippen molar-refractivity contribution in [1.29, 1.82) is 0 Å². The predicted octanol–water partition coefficient (Wildman–Crippen LogP) is 1.47. The molecular formula is C7H16O2. The first-order valence-electron chi connectivity index (χ1n) is 2.59. The van der Waals surface area contributed by atoms with Gasteiger partial charge in [0.2, 0.25) is 0 Å². The molecule has 56 valence electrons. The normalized spacial score (nSPS) is 8.11. The number of hydrogen-bond acceptors (Lipinski definition) is 2. The van der Waals surface area contributed by atoms with Crippen molar-refractivity contribution in [2.24, 2.45) is 0 Å². The van der Waals surface area contributed by atoms with E-state index in [1.54, 1.807) is 13.2 Å². The Morgan fingerprint density at radius 1 is 1.44 bits per heavy atom. The molecule has 0 aromatic carbocycles. The molecule has 9 heavy (non-hydrogen) atoms. The summed E-state index contributed by atoms with van der Waals surface area (Å²) in [5.41, 5.74) is 0. The third-order valence-electron chi connectivity index (χ3n) is 0.667. The summed E-state index contributed by atoms with van der Waals surface area (Å²) in [5, 5.41) is 0. The molecule has 0 aliphatic rings. The minimum Gasteiger partial charge on any atom is -0.382 e. The molecule has 0 aromatic rings. The van der Waals surface area contributed by atoms with Gasteiger partial charge in [-0.3, -0.25) is 0 Å². The highest BCUT2D eigenvalue weighted by molar-refractivity contribution is 4.63. The summed E-state index contributed by atoms with van der Waals surface area (Å²) < 4.78 is 9.71. The van der Waals surface area contributed by atoms with Crippen molar-refractivity contribution in [3.8, 4) is 0 Å². The zero-order chi connectivity index (χ0) is 6.24.